The Morgan fingerprint density at radius 3 is 2.65 bits per heavy atom. The lowest BCUT2D eigenvalue weighted by atomic mass is 10.1. The molecule has 0 aliphatic carbocycles. The Morgan fingerprint density at radius 2 is 2.00 bits per heavy atom. The van der Waals surface area contributed by atoms with Crippen LogP contribution >= 0.6 is 11.6 Å². The molecule has 0 saturated heterocycles. The number of halogens is 1. The Morgan fingerprint density at radius 1 is 1.27 bits per heavy atom. The van der Waals surface area contributed by atoms with Gasteiger partial charge in [-0.1, -0.05) is 17.7 Å². The van der Waals surface area contributed by atoms with E-state index in [1.54, 1.807) is 37.3 Å². The van der Waals surface area contributed by atoms with Gasteiger partial charge in [0.1, 0.15) is 0 Å². The molecular weight excluding hydrogens is 372 g/mol. The summed E-state index contributed by atoms with van der Waals surface area (Å²) in [6.07, 6.45) is 0.589. The minimum Gasteiger partial charge on any atom is -0.322 e. The second-order valence-corrected chi connectivity index (χ2v) is 9.05. The molecular formula is C19H21ClN2O3S. The lowest BCUT2D eigenvalue weighted by molar-refractivity contribution is 0.102. The number of sulfonamides is 1. The number of rotatable bonds is 4. The van der Waals surface area contributed by atoms with Gasteiger partial charge in [0.15, 0.2) is 0 Å². The van der Waals surface area contributed by atoms with Crippen molar-refractivity contribution in [2.45, 2.75) is 33.2 Å². The molecule has 1 aliphatic rings. The number of carbonyl (C=O) groups is 1. The number of fused-ring (bicyclic) bond motifs is 1. The lowest BCUT2D eigenvalue weighted by Gasteiger charge is -2.23. The van der Waals surface area contributed by atoms with Gasteiger partial charge in [0.2, 0.25) is 10.0 Å². The molecule has 2 aromatic rings. The third-order valence-electron chi connectivity index (χ3n) is 4.59. The normalized spacial score (nSPS) is 16.5. The molecule has 0 aromatic heterocycles. The first-order valence-electron chi connectivity index (χ1n) is 8.45. The van der Waals surface area contributed by atoms with Crippen LogP contribution in [0.2, 0.25) is 5.02 Å². The van der Waals surface area contributed by atoms with Gasteiger partial charge in [-0.05, 0) is 68.7 Å². The van der Waals surface area contributed by atoms with Crippen molar-refractivity contribution in [2.24, 2.45) is 0 Å². The van der Waals surface area contributed by atoms with E-state index in [4.69, 9.17) is 11.6 Å². The first-order chi connectivity index (χ1) is 12.2. The molecule has 2 aromatic carbocycles. The highest BCUT2D eigenvalue weighted by Crippen LogP contribution is 2.35. The summed E-state index contributed by atoms with van der Waals surface area (Å²) in [5, 5.41) is 3.41. The Bertz CT molecular complexity index is 973. The Labute approximate surface area is 159 Å². The number of benzene rings is 2. The zero-order valence-electron chi connectivity index (χ0n) is 14.9. The molecule has 1 heterocycles. The van der Waals surface area contributed by atoms with E-state index in [9.17, 15) is 13.2 Å². The molecule has 0 saturated carbocycles. The minimum absolute atomic E-state index is 0.0488. The third-order valence-corrected chi connectivity index (χ3v) is 6.88. The van der Waals surface area contributed by atoms with Crippen LogP contribution in [-0.4, -0.2) is 26.1 Å². The fourth-order valence-corrected chi connectivity index (χ4v) is 4.74. The summed E-state index contributed by atoms with van der Waals surface area (Å²) < 4.78 is 26.1. The van der Waals surface area contributed by atoms with Crippen LogP contribution in [0.5, 0.6) is 0 Å². The van der Waals surface area contributed by atoms with E-state index < -0.39 is 10.0 Å². The highest BCUT2D eigenvalue weighted by molar-refractivity contribution is 7.92. The first kappa shape index (κ1) is 18.7. The molecule has 1 amide bonds. The van der Waals surface area contributed by atoms with Gasteiger partial charge in [0.25, 0.3) is 5.91 Å². The van der Waals surface area contributed by atoms with Crippen LogP contribution < -0.4 is 9.62 Å². The van der Waals surface area contributed by atoms with Crippen molar-refractivity contribution >= 4 is 38.9 Å². The fourth-order valence-electron chi connectivity index (χ4n) is 3.18. The molecule has 0 radical (unpaired) electrons. The summed E-state index contributed by atoms with van der Waals surface area (Å²) in [4.78, 5) is 12.5. The molecule has 26 heavy (non-hydrogen) atoms. The molecule has 138 valence electrons. The van der Waals surface area contributed by atoms with Crippen LogP contribution in [0.4, 0.5) is 11.4 Å². The van der Waals surface area contributed by atoms with E-state index in [2.05, 4.69) is 5.32 Å². The highest BCUT2D eigenvalue weighted by atomic mass is 35.5. The summed E-state index contributed by atoms with van der Waals surface area (Å²) >= 11 is 6.09. The van der Waals surface area contributed by atoms with Crippen molar-refractivity contribution < 1.29 is 13.2 Å². The number of carbonyl (C=O) groups excluding carboxylic acids is 1. The molecule has 0 bridgehead atoms. The fraction of sp³-hybridized carbons (Fsp3) is 0.316. The van der Waals surface area contributed by atoms with Crippen LogP contribution in [-0.2, 0) is 16.4 Å². The van der Waals surface area contributed by atoms with Gasteiger partial charge in [0, 0.05) is 22.3 Å². The number of hydrogen-bond donors (Lipinski definition) is 1. The van der Waals surface area contributed by atoms with Gasteiger partial charge < -0.3 is 5.32 Å². The minimum atomic E-state index is -3.33. The number of hydrogen-bond acceptors (Lipinski definition) is 3. The van der Waals surface area contributed by atoms with Gasteiger partial charge in [-0.15, -0.1) is 0 Å². The van der Waals surface area contributed by atoms with Gasteiger partial charge in [0.05, 0.1) is 11.4 Å². The van der Waals surface area contributed by atoms with Crippen LogP contribution in [0.15, 0.2) is 36.4 Å². The first-order valence-corrected chi connectivity index (χ1v) is 10.4. The molecule has 0 spiro atoms. The maximum absolute atomic E-state index is 12.5. The summed E-state index contributed by atoms with van der Waals surface area (Å²) in [5.41, 5.74) is 3.57. The molecule has 1 atom stereocenters. The molecule has 7 heteroatoms. The smallest absolute Gasteiger partial charge is 0.255 e. The van der Waals surface area contributed by atoms with E-state index >= 15 is 0 Å². The van der Waals surface area contributed by atoms with Crippen LogP contribution in [0, 0.1) is 6.92 Å². The van der Waals surface area contributed by atoms with Gasteiger partial charge in [-0.25, -0.2) is 8.42 Å². The van der Waals surface area contributed by atoms with Crippen molar-refractivity contribution in [1.82, 2.24) is 0 Å². The average molecular weight is 393 g/mol. The van der Waals surface area contributed by atoms with Gasteiger partial charge in [-0.3, -0.25) is 9.10 Å². The van der Waals surface area contributed by atoms with Crippen LogP contribution in [0.3, 0.4) is 0 Å². The maximum Gasteiger partial charge on any atom is 0.255 e. The Balaban J connectivity index is 1.86. The van der Waals surface area contributed by atoms with Crippen molar-refractivity contribution in [3.63, 3.8) is 0 Å². The topological polar surface area (TPSA) is 66.5 Å². The number of aryl methyl sites for hydroxylation is 1. The predicted octanol–water partition coefficient (Wildman–Crippen LogP) is 4.00. The zero-order valence-corrected chi connectivity index (χ0v) is 16.5. The van der Waals surface area contributed by atoms with Gasteiger partial charge in [-0.2, -0.15) is 0 Å². The van der Waals surface area contributed by atoms with Crippen LogP contribution in [0.25, 0.3) is 0 Å². The quantitative estimate of drug-likeness (QED) is 0.855. The van der Waals surface area contributed by atoms with E-state index in [0.29, 0.717) is 28.4 Å². The second kappa shape index (κ2) is 6.93. The molecule has 5 nitrogen and oxygen atoms in total. The van der Waals surface area contributed by atoms with Crippen molar-refractivity contribution in [1.29, 1.82) is 0 Å². The summed E-state index contributed by atoms with van der Waals surface area (Å²) in [6.45, 7) is 5.40. The van der Waals surface area contributed by atoms with E-state index in [1.807, 2.05) is 19.9 Å². The molecule has 3 rings (SSSR count). The number of amides is 1. The number of nitrogens with one attached hydrogen (secondary N) is 1. The van der Waals surface area contributed by atoms with Crippen molar-refractivity contribution in [3.05, 3.63) is 58.1 Å². The summed E-state index contributed by atoms with van der Waals surface area (Å²) in [6, 6.07) is 10.3. The van der Waals surface area contributed by atoms with E-state index in [-0.39, 0.29) is 17.7 Å². The third kappa shape index (κ3) is 3.44. The van der Waals surface area contributed by atoms with Crippen LogP contribution in [0.1, 0.15) is 35.3 Å². The van der Waals surface area contributed by atoms with E-state index in [1.165, 1.54) is 4.31 Å². The Hall–Kier alpha value is -2.05. The maximum atomic E-state index is 12.5. The lowest BCUT2D eigenvalue weighted by Crippen LogP contribution is -2.36. The molecule has 0 unspecified atom stereocenters. The summed E-state index contributed by atoms with van der Waals surface area (Å²) in [5.74, 6) is -0.204. The van der Waals surface area contributed by atoms with E-state index in [0.717, 1.165) is 11.1 Å². The standard InChI is InChI=1S/C19H21ClN2O3S/c1-4-26(24,25)22-13(3)9-15-10-14(6-8-18(15)22)19(23)21-16-7-5-12(2)17(20)11-16/h5-8,10-11,13H,4,9H2,1-3H3,(H,21,23)/t13-/m0/s1. The Kier molecular flexibility index (Phi) is 4.99. The van der Waals surface area contributed by atoms with Crippen molar-refractivity contribution in [3.8, 4) is 0 Å². The monoisotopic (exact) mass is 392 g/mol. The molecule has 0 fully saturated rings. The molecule has 1 aliphatic heterocycles. The SMILES string of the molecule is CCS(=O)(=O)N1c2ccc(C(=O)Nc3ccc(C)c(Cl)c3)cc2C[C@@H]1C. The molecule has 1 N–H and O–H groups in total. The number of anilines is 2. The van der Waals surface area contributed by atoms with Gasteiger partial charge >= 0.3 is 0 Å². The average Bonchev–Trinajstić information content (AvgIpc) is 2.93. The zero-order chi connectivity index (χ0) is 19.1. The highest BCUT2D eigenvalue weighted by Gasteiger charge is 2.34. The predicted molar refractivity (Wildman–Crippen MR) is 106 cm³/mol. The summed E-state index contributed by atoms with van der Waals surface area (Å²) in [7, 11) is -3.33. The largest absolute Gasteiger partial charge is 0.322 e. The number of nitrogens with zero attached hydrogens (tertiary/aromatic N) is 1. The van der Waals surface area contributed by atoms with Crippen molar-refractivity contribution in [2.75, 3.05) is 15.4 Å². The second-order valence-electron chi connectivity index (χ2n) is 6.51.